The summed E-state index contributed by atoms with van der Waals surface area (Å²) in [6.45, 7) is 5.17. The van der Waals surface area contributed by atoms with Gasteiger partial charge in [0.2, 0.25) is 0 Å². The molecule has 37 heavy (non-hydrogen) atoms. The normalized spacial score (nSPS) is 14.8. The lowest BCUT2D eigenvalue weighted by atomic mass is 10.1. The average Bonchev–Trinajstić information content (AvgIpc) is 3.49. The van der Waals surface area contributed by atoms with Crippen LogP contribution >= 0.6 is 11.3 Å². The van der Waals surface area contributed by atoms with E-state index in [4.69, 9.17) is 5.26 Å². The van der Waals surface area contributed by atoms with Gasteiger partial charge < -0.3 is 20.4 Å². The molecule has 1 unspecified atom stereocenters. The fraction of sp³-hybridized carbons (Fsp3) is 0.407. The minimum Gasteiger partial charge on any atom is -0.355 e. The third-order valence-electron chi connectivity index (χ3n) is 6.16. The molecule has 0 aliphatic carbocycles. The highest BCUT2D eigenvalue weighted by molar-refractivity contribution is 7.07. The van der Waals surface area contributed by atoms with Gasteiger partial charge in [0.15, 0.2) is 5.57 Å². The number of carbonyl (C=O) groups is 1. The van der Waals surface area contributed by atoms with Gasteiger partial charge >= 0.3 is 0 Å². The molecule has 2 N–H and O–H groups in total. The SMILES string of the molecule is CCn1c(=C=C(C#N)C(=O)NCC#N)sc(=C=CNc2cccc(CCN3CCC(N(C)C)C3)c2)c1=O. The lowest BCUT2D eigenvalue weighted by molar-refractivity contribution is -0.116. The zero-order chi connectivity index (χ0) is 26.8. The third kappa shape index (κ3) is 7.55. The van der Waals surface area contributed by atoms with Crippen molar-refractivity contribution in [2.45, 2.75) is 32.4 Å². The van der Waals surface area contributed by atoms with Crippen LogP contribution in [0.15, 0.2) is 40.8 Å². The predicted molar refractivity (Wildman–Crippen MR) is 145 cm³/mol. The molecule has 1 amide bonds. The summed E-state index contributed by atoms with van der Waals surface area (Å²) in [5, 5.41) is 23.4. The first-order valence-electron chi connectivity index (χ1n) is 12.1. The van der Waals surface area contributed by atoms with E-state index in [2.05, 4.69) is 58.1 Å². The quantitative estimate of drug-likeness (QED) is 0.284. The number of thiazole rings is 1. The molecule has 0 saturated carbocycles. The van der Waals surface area contributed by atoms with Crippen LogP contribution in [0.1, 0.15) is 18.9 Å². The maximum atomic E-state index is 12.8. The largest absolute Gasteiger partial charge is 0.355 e. The predicted octanol–water partition coefficient (Wildman–Crippen LogP) is 0.582. The maximum Gasteiger partial charge on any atom is 0.277 e. The molecule has 0 bridgehead atoms. The van der Waals surface area contributed by atoms with Crippen molar-refractivity contribution in [3.05, 3.63) is 61.2 Å². The molecule has 9 nitrogen and oxygen atoms in total. The summed E-state index contributed by atoms with van der Waals surface area (Å²) in [7, 11) is 4.27. The summed E-state index contributed by atoms with van der Waals surface area (Å²) in [4.78, 5) is 29.6. The number of amides is 1. The number of hydrogen-bond acceptors (Lipinski definition) is 8. The standard InChI is InChI=1S/C27H31N7O2S/c1-4-34-25(17-21(18-29)26(35)31-13-11-28)37-24(27(34)36)8-12-30-22-7-5-6-20(16-22)9-14-33-15-10-23(19-33)32(2)3/h5-7,12,16,23,30H,4,9-10,13-15,19H2,1-3H3,(H,31,35). The summed E-state index contributed by atoms with van der Waals surface area (Å²) in [6.07, 6.45) is 3.76. The molecule has 192 valence electrons. The van der Waals surface area contributed by atoms with Gasteiger partial charge in [-0.25, -0.2) is 0 Å². The van der Waals surface area contributed by atoms with Gasteiger partial charge in [0.1, 0.15) is 21.8 Å². The van der Waals surface area contributed by atoms with Crippen LogP contribution < -0.4 is 25.4 Å². The minimum absolute atomic E-state index is 0.222. The number of benzene rings is 1. The Kier molecular flexibility index (Phi) is 10.1. The van der Waals surface area contributed by atoms with Crippen LogP contribution in [-0.2, 0) is 17.8 Å². The van der Waals surface area contributed by atoms with Crippen molar-refractivity contribution in [3.63, 3.8) is 0 Å². The van der Waals surface area contributed by atoms with Crippen LogP contribution in [0.5, 0.6) is 0 Å². The lowest BCUT2D eigenvalue weighted by Gasteiger charge is -2.20. The van der Waals surface area contributed by atoms with Gasteiger partial charge in [0.25, 0.3) is 11.5 Å². The van der Waals surface area contributed by atoms with E-state index >= 15 is 0 Å². The first kappa shape index (κ1) is 27.7. The molecule has 1 aliphatic rings. The van der Waals surface area contributed by atoms with Crippen LogP contribution in [0.3, 0.4) is 0 Å². The smallest absolute Gasteiger partial charge is 0.277 e. The molecule has 2 heterocycles. The van der Waals surface area contributed by atoms with Crippen molar-refractivity contribution in [2.24, 2.45) is 0 Å². The molecule has 0 radical (unpaired) electrons. The Morgan fingerprint density at radius 2 is 2.14 bits per heavy atom. The van der Waals surface area contributed by atoms with Crippen molar-refractivity contribution < 1.29 is 4.79 Å². The highest BCUT2D eigenvalue weighted by atomic mass is 32.1. The number of rotatable bonds is 9. The monoisotopic (exact) mass is 517 g/mol. The molecule has 1 saturated heterocycles. The second-order valence-electron chi connectivity index (χ2n) is 8.83. The summed E-state index contributed by atoms with van der Waals surface area (Å²) < 4.78 is 2.09. The van der Waals surface area contributed by atoms with Gasteiger partial charge in [-0.05, 0) is 58.1 Å². The van der Waals surface area contributed by atoms with E-state index in [-0.39, 0.29) is 17.7 Å². The molecule has 1 aromatic heterocycles. The number of likely N-dealkylation sites (N-methyl/N-ethyl adjacent to an activating group) is 1. The molecular weight excluding hydrogens is 486 g/mol. The Morgan fingerprint density at radius 3 is 2.81 bits per heavy atom. The number of likely N-dealkylation sites (tertiary alicyclic amines) is 1. The van der Waals surface area contributed by atoms with E-state index in [9.17, 15) is 14.9 Å². The summed E-state index contributed by atoms with van der Waals surface area (Å²) in [5.41, 5.74) is 7.26. The van der Waals surface area contributed by atoms with Crippen LogP contribution in [0.25, 0.3) is 11.5 Å². The first-order valence-corrected chi connectivity index (χ1v) is 12.9. The third-order valence-corrected chi connectivity index (χ3v) is 7.17. The van der Waals surface area contributed by atoms with Gasteiger partial charge in [0, 0.05) is 37.6 Å². The minimum atomic E-state index is -0.711. The summed E-state index contributed by atoms with van der Waals surface area (Å²) >= 11 is 1.09. The van der Waals surface area contributed by atoms with E-state index in [1.54, 1.807) is 25.3 Å². The van der Waals surface area contributed by atoms with Gasteiger partial charge in [-0.3, -0.25) is 14.2 Å². The number of carbonyl (C=O) groups excluding carboxylic acids is 1. The molecule has 0 spiro atoms. The van der Waals surface area contributed by atoms with Crippen LogP contribution in [0, 0.1) is 22.7 Å². The van der Waals surface area contributed by atoms with Gasteiger partial charge in [-0.2, -0.15) is 10.5 Å². The maximum absolute atomic E-state index is 12.8. The Balaban J connectivity index is 1.78. The fourth-order valence-electron chi connectivity index (χ4n) is 4.06. The number of anilines is 1. The van der Waals surface area contributed by atoms with Crippen molar-refractivity contribution in [3.8, 4) is 12.1 Å². The topological polar surface area (TPSA) is 117 Å². The number of nitrogens with one attached hydrogen (secondary N) is 2. The van der Waals surface area contributed by atoms with Gasteiger partial charge in [0.05, 0.1) is 6.07 Å². The second-order valence-corrected chi connectivity index (χ2v) is 9.83. The highest BCUT2D eigenvalue weighted by Crippen LogP contribution is 2.15. The molecule has 2 aromatic rings. The van der Waals surface area contributed by atoms with Crippen molar-refractivity contribution >= 4 is 34.4 Å². The van der Waals surface area contributed by atoms with Crippen molar-refractivity contribution in [1.82, 2.24) is 19.7 Å². The zero-order valence-corrected chi connectivity index (χ0v) is 22.2. The van der Waals surface area contributed by atoms with Crippen LogP contribution in [0.2, 0.25) is 0 Å². The molecule has 1 aromatic carbocycles. The van der Waals surface area contributed by atoms with Crippen molar-refractivity contribution in [2.75, 3.05) is 45.6 Å². The molecule has 1 fully saturated rings. The highest BCUT2D eigenvalue weighted by Gasteiger charge is 2.23. The van der Waals surface area contributed by atoms with Crippen LogP contribution in [-0.4, -0.2) is 66.6 Å². The zero-order valence-electron chi connectivity index (χ0n) is 21.4. The lowest BCUT2D eigenvalue weighted by Crippen LogP contribution is -2.32. The number of nitriles is 2. The number of nitrogens with zero attached hydrogens (tertiary/aromatic N) is 5. The van der Waals surface area contributed by atoms with E-state index in [0.29, 0.717) is 21.8 Å². The van der Waals surface area contributed by atoms with E-state index in [0.717, 1.165) is 43.1 Å². The number of aromatic nitrogens is 1. The van der Waals surface area contributed by atoms with Gasteiger partial charge in [-0.15, -0.1) is 0 Å². The van der Waals surface area contributed by atoms with Crippen molar-refractivity contribution in [1.29, 1.82) is 10.5 Å². The Labute approximate surface area is 220 Å². The number of hydrogen-bond donors (Lipinski definition) is 2. The molecule has 1 aliphatic heterocycles. The second kappa shape index (κ2) is 13.4. The fourth-order valence-corrected chi connectivity index (χ4v) is 5.04. The molecular formula is C27H31N7O2S. The Bertz CT molecular complexity index is 1460. The van der Waals surface area contributed by atoms with E-state index < -0.39 is 5.91 Å². The van der Waals surface area contributed by atoms with Gasteiger partial charge in [-0.1, -0.05) is 34.9 Å². The molecule has 10 heteroatoms. The molecule has 1 atom stereocenters. The first-order chi connectivity index (χ1) is 17.9. The van der Waals surface area contributed by atoms with E-state index in [1.165, 1.54) is 16.6 Å². The summed E-state index contributed by atoms with van der Waals surface area (Å²) in [5.74, 6) is -0.711. The van der Waals surface area contributed by atoms with E-state index in [1.807, 2.05) is 12.1 Å². The Hall–Kier alpha value is -3.88. The average molecular weight is 518 g/mol. The molecule has 3 rings (SSSR count). The summed E-state index contributed by atoms with van der Waals surface area (Å²) in [6, 6.07) is 12.4. The van der Waals surface area contributed by atoms with Crippen LogP contribution in [0.4, 0.5) is 5.69 Å². The Morgan fingerprint density at radius 1 is 1.32 bits per heavy atom.